The van der Waals surface area contributed by atoms with Crippen LogP contribution in [0.5, 0.6) is 5.75 Å². The molecule has 7 heteroatoms. The third-order valence-corrected chi connectivity index (χ3v) is 5.53. The molecule has 2 rings (SSSR count). The molecular weight excluding hydrogens is 322 g/mol. The first-order valence-corrected chi connectivity index (χ1v) is 9.61. The maximum Gasteiger partial charge on any atom is 0.304 e. The minimum atomic E-state index is -0.779. The normalized spacial score (nSPS) is 15.9. The molecule has 1 aliphatic rings. The summed E-state index contributed by atoms with van der Waals surface area (Å²) in [6.07, 6.45) is 1.24. The number of nitrogens with one attached hydrogen (secondary N) is 1. The molecule has 1 aromatic rings. The van der Waals surface area contributed by atoms with E-state index in [0.29, 0.717) is 18.7 Å². The molecule has 0 bridgehead atoms. The van der Waals surface area contributed by atoms with Crippen LogP contribution in [-0.4, -0.2) is 41.1 Å². The van der Waals surface area contributed by atoms with Crippen LogP contribution in [0.4, 0.5) is 0 Å². The zero-order chi connectivity index (χ0) is 15.8. The lowest BCUT2D eigenvalue weighted by Gasteiger charge is -2.10. The molecule has 0 spiro atoms. The highest BCUT2D eigenvalue weighted by Gasteiger charge is 2.24. The molecule has 2 N–H and O–H groups in total. The fourth-order valence-electron chi connectivity index (χ4n) is 2.13. The lowest BCUT2D eigenvalue weighted by molar-refractivity contribution is -0.136. The van der Waals surface area contributed by atoms with Crippen molar-refractivity contribution in [2.24, 2.45) is 0 Å². The number of carboxylic acids is 1. The van der Waals surface area contributed by atoms with Gasteiger partial charge in [0.2, 0.25) is 5.91 Å². The molecule has 1 atom stereocenters. The summed E-state index contributed by atoms with van der Waals surface area (Å²) in [4.78, 5) is 22.2. The number of para-hydroxylation sites is 1. The Labute approximate surface area is 137 Å². The fraction of sp³-hybridized carbons (Fsp3) is 0.467. The van der Waals surface area contributed by atoms with E-state index in [-0.39, 0.29) is 18.4 Å². The summed E-state index contributed by atoms with van der Waals surface area (Å²) in [5, 5.41) is 11.4. The fourth-order valence-corrected chi connectivity index (χ4v) is 4.01. The van der Waals surface area contributed by atoms with E-state index in [0.717, 1.165) is 23.5 Å². The van der Waals surface area contributed by atoms with E-state index in [2.05, 4.69) is 5.32 Å². The largest absolute Gasteiger partial charge is 0.489 e. The maximum atomic E-state index is 11.8. The Balaban J connectivity index is 1.53. The molecule has 1 aromatic carbocycles. The standard InChI is InChI=1S/C15H19NO4S2/c17-14(16-6-8-22-21-7-5-15(18)19)10-12-9-11-3-1-2-4-13(11)20-12/h1-4,12H,5-10H2,(H,16,17)(H,18,19). The van der Waals surface area contributed by atoms with Crippen LogP contribution in [-0.2, 0) is 16.0 Å². The Morgan fingerprint density at radius 1 is 1.27 bits per heavy atom. The summed E-state index contributed by atoms with van der Waals surface area (Å²) < 4.78 is 5.73. The topological polar surface area (TPSA) is 75.6 Å². The Morgan fingerprint density at radius 2 is 2.05 bits per heavy atom. The number of rotatable bonds is 9. The maximum absolute atomic E-state index is 11.8. The van der Waals surface area contributed by atoms with Gasteiger partial charge in [-0.2, -0.15) is 0 Å². The minimum absolute atomic E-state index is 0.00561. The molecule has 1 heterocycles. The van der Waals surface area contributed by atoms with Gasteiger partial charge in [0.05, 0.1) is 12.8 Å². The predicted octanol–water partition coefficient (Wildman–Crippen LogP) is 2.35. The number of ether oxygens (including phenoxy) is 1. The highest BCUT2D eigenvalue weighted by molar-refractivity contribution is 8.76. The molecule has 0 saturated carbocycles. The lowest BCUT2D eigenvalue weighted by atomic mass is 10.1. The number of hydrogen-bond donors (Lipinski definition) is 2. The predicted molar refractivity (Wildman–Crippen MR) is 89.4 cm³/mol. The molecule has 0 saturated heterocycles. The van der Waals surface area contributed by atoms with Crippen LogP contribution in [0, 0.1) is 0 Å². The average molecular weight is 341 g/mol. The molecule has 22 heavy (non-hydrogen) atoms. The van der Waals surface area contributed by atoms with Gasteiger partial charge < -0.3 is 15.2 Å². The number of amides is 1. The van der Waals surface area contributed by atoms with E-state index in [1.807, 2.05) is 24.3 Å². The number of hydrogen-bond acceptors (Lipinski definition) is 5. The van der Waals surface area contributed by atoms with Gasteiger partial charge in [0.1, 0.15) is 11.9 Å². The quantitative estimate of drug-likeness (QED) is 0.530. The molecule has 5 nitrogen and oxygen atoms in total. The zero-order valence-corrected chi connectivity index (χ0v) is 13.8. The lowest BCUT2D eigenvalue weighted by Crippen LogP contribution is -2.30. The minimum Gasteiger partial charge on any atom is -0.489 e. The second-order valence-electron chi connectivity index (χ2n) is 4.89. The summed E-state index contributed by atoms with van der Waals surface area (Å²) >= 11 is 0. The van der Waals surface area contributed by atoms with Crippen molar-refractivity contribution in [2.75, 3.05) is 18.1 Å². The van der Waals surface area contributed by atoms with E-state index in [1.165, 1.54) is 10.8 Å². The molecule has 120 valence electrons. The van der Waals surface area contributed by atoms with E-state index in [9.17, 15) is 9.59 Å². The van der Waals surface area contributed by atoms with Crippen LogP contribution < -0.4 is 10.1 Å². The smallest absolute Gasteiger partial charge is 0.304 e. The first kappa shape index (κ1) is 17.0. The third kappa shape index (κ3) is 5.81. The number of carbonyl (C=O) groups excluding carboxylic acids is 1. The van der Waals surface area contributed by atoms with Gasteiger partial charge in [0.15, 0.2) is 0 Å². The highest BCUT2D eigenvalue weighted by atomic mass is 33.1. The van der Waals surface area contributed by atoms with Gasteiger partial charge in [0, 0.05) is 24.5 Å². The Kier molecular flexibility index (Phi) is 6.92. The second kappa shape index (κ2) is 8.95. The number of carbonyl (C=O) groups is 2. The molecule has 0 aromatic heterocycles. The molecule has 1 amide bonds. The van der Waals surface area contributed by atoms with Crippen LogP contribution >= 0.6 is 21.6 Å². The number of carboxylic acid groups (broad SMARTS) is 1. The third-order valence-electron chi connectivity index (χ3n) is 3.12. The summed E-state index contributed by atoms with van der Waals surface area (Å²) in [6, 6.07) is 7.86. The van der Waals surface area contributed by atoms with E-state index < -0.39 is 5.97 Å². The van der Waals surface area contributed by atoms with Crippen LogP contribution in [0.1, 0.15) is 18.4 Å². The van der Waals surface area contributed by atoms with Crippen molar-refractivity contribution in [2.45, 2.75) is 25.4 Å². The van der Waals surface area contributed by atoms with Gasteiger partial charge in [-0.3, -0.25) is 9.59 Å². The van der Waals surface area contributed by atoms with Crippen molar-refractivity contribution in [3.8, 4) is 5.75 Å². The van der Waals surface area contributed by atoms with Crippen molar-refractivity contribution in [3.63, 3.8) is 0 Å². The highest BCUT2D eigenvalue weighted by Crippen LogP contribution is 2.29. The van der Waals surface area contributed by atoms with Gasteiger partial charge in [-0.15, -0.1) is 0 Å². The van der Waals surface area contributed by atoms with E-state index >= 15 is 0 Å². The molecular formula is C15H19NO4S2. The Bertz CT molecular complexity index is 499. The van der Waals surface area contributed by atoms with Gasteiger partial charge in [0.25, 0.3) is 0 Å². The summed E-state index contributed by atoms with van der Waals surface area (Å²) in [5.41, 5.74) is 1.16. The van der Waals surface area contributed by atoms with Crippen LogP contribution in [0.15, 0.2) is 24.3 Å². The van der Waals surface area contributed by atoms with Crippen molar-refractivity contribution < 1.29 is 19.4 Å². The summed E-state index contributed by atoms with van der Waals surface area (Å²) in [6.45, 7) is 0.587. The van der Waals surface area contributed by atoms with E-state index in [4.69, 9.17) is 9.84 Å². The molecule has 1 aliphatic heterocycles. The second-order valence-corrected chi connectivity index (χ2v) is 7.60. The van der Waals surface area contributed by atoms with Gasteiger partial charge in [-0.25, -0.2) is 0 Å². The van der Waals surface area contributed by atoms with Crippen molar-refractivity contribution >= 4 is 33.5 Å². The Hall–Kier alpha value is -1.34. The zero-order valence-electron chi connectivity index (χ0n) is 12.1. The average Bonchev–Trinajstić information content (AvgIpc) is 2.88. The number of aliphatic carboxylic acids is 1. The monoisotopic (exact) mass is 341 g/mol. The van der Waals surface area contributed by atoms with E-state index in [1.54, 1.807) is 10.8 Å². The Morgan fingerprint density at radius 3 is 2.82 bits per heavy atom. The van der Waals surface area contributed by atoms with Gasteiger partial charge in [-0.1, -0.05) is 39.8 Å². The first-order chi connectivity index (χ1) is 10.6. The number of benzene rings is 1. The van der Waals surface area contributed by atoms with Crippen molar-refractivity contribution in [1.82, 2.24) is 5.32 Å². The van der Waals surface area contributed by atoms with Crippen molar-refractivity contribution in [1.29, 1.82) is 0 Å². The molecule has 0 radical (unpaired) electrons. The first-order valence-electron chi connectivity index (χ1n) is 7.12. The van der Waals surface area contributed by atoms with Crippen LogP contribution in [0.25, 0.3) is 0 Å². The summed E-state index contributed by atoms with van der Waals surface area (Å²) in [7, 11) is 3.09. The van der Waals surface area contributed by atoms with Crippen molar-refractivity contribution in [3.05, 3.63) is 29.8 Å². The SMILES string of the molecule is O=C(O)CCSSCCNC(=O)CC1Cc2ccccc2O1. The summed E-state index contributed by atoms with van der Waals surface area (Å²) in [5.74, 6) is 1.45. The van der Waals surface area contributed by atoms with Gasteiger partial charge in [-0.05, 0) is 11.6 Å². The molecule has 1 unspecified atom stereocenters. The molecule has 0 aliphatic carbocycles. The number of fused-ring (bicyclic) bond motifs is 1. The van der Waals surface area contributed by atoms with Crippen LogP contribution in [0.2, 0.25) is 0 Å². The molecule has 0 fully saturated rings. The van der Waals surface area contributed by atoms with Gasteiger partial charge >= 0.3 is 5.97 Å². The van der Waals surface area contributed by atoms with Crippen LogP contribution in [0.3, 0.4) is 0 Å².